The first-order valence-electron chi connectivity index (χ1n) is 9.18. The van der Waals surface area contributed by atoms with Crippen LogP contribution in [0.15, 0.2) is 47.8 Å². The molecule has 0 fully saturated rings. The molecule has 1 heterocycles. The lowest BCUT2D eigenvalue weighted by Gasteiger charge is -2.13. The highest BCUT2D eigenvalue weighted by Gasteiger charge is 2.14. The minimum absolute atomic E-state index is 0.167. The number of halogens is 2. The number of carbonyl (C=O) groups excluding carboxylic acids is 1. The molecule has 1 unspecified atom stereocenters. The highest BCUT2D eigenvalue weighted by Crippen LogP contribution is 2.26. The van der Waals surface area contributed by atoms with Crippen molar-refractivity contribution in [2.45, 2.75) is 13.5 Å². The van der Waals surface area contributed by atoms with E-state index in [4.69, 9.17) is 4.74 Å². The second kappa shape index (κ2) is 9.58. The van der Waals surface area contributed by atoms with Crippen molar-refractivity contribution in [2.24, 2.45) is 0 Å². The molecule has 3 aromatic rings. The van der Waals surface area contributed by atoms with Gasteiger partial charge in [0.25, 0.3) is 5.91 Å². The topological polar surface area (TPSA) is 55.7 Å². The lowest BCUT2D eigenvalue weighted by Crippen LogP contribution is -3.08. The van der Waals surface area contributed by atoms with Gasteiger partial charge in [0.05, 0.1) is 19.3 Å². The molecule has 0 aliphatic carbocycles. The van der Waals surface area contributed by atoms with E-state index in [2.05, 4.69) is 10.3 Å². The predicted molar refractivity (Wildman–Crippen MR) is 109 cm³/mol. The van der Waals surface area contributed by atoms with Crippen molar-refractivity contribution in [3.8, 4) is 17.0 Å². The van der Waals surface area contributed by atoms with E-state index in [0.717, 1.165) is 28.3 Å². The van der Waals surface area contributed by atoms with Crippen molar-refractivity contribution in [3.63, 3.8) is 0 Å². The lowest BCUT2D eigenvalue weighted by molar-refractivity contribution is -0.885. The molecule has 29 heavy (non-hydrogen) atoms. The van der Waals surface area contributed by atoms with Crippen LogP contribution in [-0.4, -0.2) is 31.1 Å². The van der Waals surface area contributed by atoms with Gasteiger partial charge in [0.1, 0.15) is 12.3 Å². The Morgan fingerprint density at radius 1 is 1.17 bits per heavy atom. The number of hydrogen-bond donors (Lipinski definition) is 2. The van der Waals surface area contributed by atoms with Crippen LogP contribution in [0.2, 0.25) is 0 Å². The van der Waals surface area contributed by atoms with Crippen LogP contribution in [0.25, 0.3) is 11.3 Å². The number of rotatable bonds is 8. The highest BCUT2D eigenvalue weighted by atomic mass is 32.1. The third kappa shape index (κ3) is 5.82. The molecule has 0 bridgehead atoms. The maximum Gasteiger partial charge on any atom is 0.281 e. The Hall–Kier alpha value is -2.84. The summed E-state index contributed by atoms with van der Waals surface area (Å²) in [6.07, 6.45) is 0. The van der Waals surface area contributed by atoms with Crippen molar-refractivity contribution in [2.75, 3.05) is 25.5 Å². The highest BCUT2D eigenvalue weighted by molar-refractivity contribution is 7.14. The third-order valence-electron chi connectivity index (χ3n) is 4.17. The summed E-state index contributed by atoms with van der Waals surface area (Å²) >= 11 is 1.24. The molecule has 2 aromatic carbocycles. The second-order valence-corrected chi connectivity index (χ2v) is 7.46. The molecular formula is C21H22F2N3O2S+. The number of thiazole rings is 1. The van der Waals surface area contributed by atoms with E-state index in [1.54, 1.807) is 5.38 Å². The van der Waals surface area contributed by atoms with Gasteiger partial charge in [-0.05, 0) is 49.4 Å². The fourth-order valence-corrected chi connectivity index (χ4v) is 3.57. The summed E-state index contributed by atoms with van der Waals surface area (Å²) in [5.74, 6) is -1.18. The maximum absolute atomic E-state index is 13.4. The summed E-state index contributed by atoms with van der Waals surface area (Å²) in [6, 6.07) is 11.4. The number of anilines is 1. The average Bonchev–Trinajstić information content (AvgIpc) is 3.14. The normalized spacial score (nSPS) is 11.9. The molecule has 2 N–H and O–H groups in total. The zero-order chi connectivity index (χ0) is 20.8. The zero-order valence-electron chi connectivity index (χ0n) is 16.2. The van der Waals surface area contributed by atoms with E-state index in [1.807, 2.05) is 38.2 Å². The molecule has 0 aliphatic rings. The summed E-state index contributed by atoms with van der Waals surface area (Å²) in [5, 5.41) is 4.87. The summed E-state index contributed by atoms with van der Waals surface area (Å²) in [4.78, 5) is 17.6. The van der Waals surface area contributed by atoms with Crippen LogP contribution in [0.3, 0.4) is 0 Å². The van der Waals surface area contributed by atoms with Gasteiger partial charge in [-0.3, -0.25) is 10.1 Å². The first kappa shape index (κ1) is 20.9. The number of likely N-dealkylation sites (N-methyl/N-ethyl adjacent to an activating group) is 1. The lowest BCUT2D eigenvalue weighted by atomic mass is 10.2. The molecule has 0 radical (unpaired) electrons. The molecule has 0 spiro atoms. The van der Waals surface area contributed by atoms with Gasteiger partial charge in [-0.2, -0.15) is 0 Å². The van der Waals surface area contributed by atoms with E-state index in [-0.39, 0.29) is 12.5 Å². The molecule has 0 saturated carbocycles. The number of benzene rings is 2. The smallest absolute Gasteiger partial charge is 0.281 e. The van der Waals surface area contributed by atoms with Crippen LogP contribution in [-0.2, 0) is 11.3 Å². The van der Waals surface area contributed by atoms with E-state index >= 15 is 0 Å². The Kier molecular flexibility index (Phi) is 6.90. The molecule has 3 rings (SSSR count). The first-order valence-corrected chi connectivity index (χ1v) is 10.1. The van der Waals surface area contributed by atoms with Gasteiger partial charge in [-0.25, -0.2) is 13.8 Å². The number of hydrogen-bond acceptors (Lipinski definition) is 4. The molecule has 0 aliphatic heterocycles. The van der Waals surface area contributed by atoms with Gasteiger partial charge in [-0.15, -0.1) is 11.3 Å². The van der Waals surface area contributed by atoms with Gasteiger partial charge >= 0.3 is 0 Å². The summed E-state index contributed by atoms with van der Waals surface area (Å²) in [7, 11) is 1.94. The Bertz CT molecular complexity index is 976. The van der Waals surface area contributed by atoms with E-state index in [1.165, 1.54) is 17.4 Å². The summed E-state index contributed by atoms with van der Waals surface area (Å²) in [5.41, 5.74) is 2.05. The van der Waals surface area contributed by atoms with Crippen LogP contribution in [0.4, 0.5) is 13.9 Å². The zero-order valence-corrected chi connectivity index (χ0v) is 17.0. The standard InChI is InChI=1S/C21H21F2N3O2S/c1-3-28-16-7-4-14(5-8-16)11-26(2)12-20(27)25-21-24-19(13-29-21)15-6-9-17(22)18(23)10-15/h4-10,13H,3,11-12H2,1-2H3,(H,24,25,27)/p+1. The van der Waals surface area contributed by atoms with Gasteiger partial charge in [-0.1, -0.05) is 0 Å². The Labute approximate surface area is 172 Å². The van der Waals surface area contributed by atoms with Crippen molar-refractivity contribution in [3.05, 3.63) is 65.0 Å². The van der Waals surface area contributed by atoms with Crippen LogP contribution < -0.4 is 15.0 Å². The monoisotopic (exact) mass is 418 g/mol. The number of amides is 1. The molecule has 5 nitrogen and oxygen atoms in total. The minimum Gasteiger partial charge on any atom is -0.494 e. The van der Waals surface area contributed by atoms with E-state index in [9.17, 15) is 13.6 Å². The SMILES string of the molecule is CCOc1ccc(C[NH+](C)CC(=O)Nc2nc(-c3ccc(F)c(F)c3)cs2)cc1. The number of nitrogens with one attached hydrogen (secondary N) is 2. The molecule has 1 atom stereocenters. The van der Waals surface area contributed by atoms with Gasteiger partial charge < -0.3 is 9.64 Å². The Morgan fingerprint density at radius 3 is 2.62 bits per heavy atom. The largest absolute Gasteiger partial charge is 0.494 e. The van der Waals surface area contributed by atoms with E-state index in [0.29, 0.717) is 29.5 Å². The van der Waals surface area contributed by atoms with Crippen LogP contribution in [0.5, 0.6) is 5.75 Å². The van der Waals surface area contributed by atoms with Crippen LogP contribution in [0, 0.1) is 11.6 Å². The number of ether oxygens (including phenoxy) is 1. The van der Waals surface area contributed by atoms with Gasteiger partial charge in [0.15, 0.2) is 23.3 Å². The number of carbonyl (C=O) groups is 1. The van der Waals surface area contributed by atoms with Crippen molar-refractivity contribution in [1.29, 1.82) is 0 Å². The number of quaternary nitrogens is 1. The third-order valence-corrected chi connectivity index (χ3v) is 4.93. The predicted octanol–water partition coefficient (Wildman–Crippen LogP) is 3.14. The molecule has 1 aromatic heterocycles. The summed E-state index contributed by atoms with van der Waals surface area (Å²) in [6.45, 7) is 3.53. The average molecular weight is 418 g/mol. The fourth-order valence-electron chi connectivity index (χ4n) is 2.84. The van der Waals surface area contributed by atoms with Crippen molar-refractivity contribution in [1.82, 2.24) is 4.98 Å². The number of nitrogens with zero attached hydrogens (tertiary/aromatic N) is 1. The molecule has 0 saturated heterocycles. The molecular weight excluding hydrogens is 396 g/mol. The summed E-state index contributed by atoms with van der Waals surface area (Å²) < 4.78 is 31.9. The first-order chi connectivity index (χ1) is 13.9. The molecule has 152 valence electrons. The second-order valence-electron chi connectivity index (χ2n) is 6.60. The van der Waals surface area contributed by atoms with Crippen LogP contribution in [0.1, 0.15) is 12.5 Å². The van der Waals surface area contributed by atoms with Gasteiger partial charge in [0.2, 0.25) is 0 Å². The molecule has 8 heteroatoms. The van der Waals surface area contributed by atoms with E-state index < -0.39 is 11.6 Å². The van der Waals surface area contributed by atoms with Crippen molar-refractivity contribution >= 4 is 22.4 Å². The van der Waals surface area contributed by atoms with Crippen LogP contribution >= 0.6 is 11.3 Å². The molecule has 1 amide bonds. The van der Waals surface area contributed by atoms with Gasteiger partial charge in [0, 0.05) is 16.5 Å². The fraction of sp³-hybridized carbons (Fsp3) is 0.238. The number of aromatic nitrogens is 1. The maximum atomic E-state index is 13.4. The van der Waals surface area contributed by atoms with Crippen molar-refractivity contribution < 1.29 is 23.2 Å². The Morgan fingerprint density at radius 2 is 1.93 bits per heavy atom. The minimum atomic E-state index is -0.930. The Balaban J connectivity index is 1.53. The quantitative estimate of drug-likeness (QED) is 0.591.